The number of amides is 2. The number of carbonyl (C=O) groups excluding carboxylic acids is 2. The van der Waals surface area contributed by atoms with Crippen molar-refractivity contribution in [3.05, 3.63) is 65.5 Å². The van der Waals surface area contributed by atoms with E-state index in [1.165, 1.54) is 6.07 Å². The van der Waals surface area contributed by atoms with E-state index >= 15 is 4.39 Å². The Labute approximate surface area is 176 Å². The topological polar surface area (TPSA) is 40.6 Å². The molecule has 0 bridgehead atoms. The number of benzene rings is 2. The van der Waals surface area contributed by atoms with E-state index in [2.05, 4.69) is 0 Å². The van der Waals surface area contributed by atoms with Crippen LogP contribution >= 0.6 is 0 Å². The molecule has 2 aromatic carbocycles. The Morgan fingerprint density at radius 3 is 2.30 bits per heavy atom. The van der Waals surface area contributed by atoms with Crippen LogP contribution in [0.5, 0.6) is 0 Å². The molecule has 1 unspecified atom stereocenters. The minimum Gasteiger partial charge on any atom is -0.342 e. The highest BCUT2D eigenvalue weighted by atomic mass is 19.1. The maximum Gasteiger partial charge on any atom is 0.259 e. The van der Waals surface area contributed by atoms with Crippen molar-refractivity contribution in [2.75, 3.05) is 18.0 Å². The first-order valence-corrected chi connectivity index (χ1v) is 11.1. The smallest absolute Gasteiger partial charge is 0.259 e. The minimum atomic E-state index is -0.717. The lowest BCUT2D eigenvalue weighted by Crippen LogP contribution is -2.63. The van der Waals surface area contributed by atoms with Crippen molar-refractivity contribution in [2.45, 2.75) is 56.4 Å². The van der Waals surface area contributed by atoms with Gasteiger partial charge in [0.05, 0.1) is 17.1 Å². The van der Waals surface area contributed by atoms with Crippen molar-refractivity contribution < 1.29 is 14.0 Å². The van der Waals surface area contributed by atoms with Gasteiger partial charge in [-0.25, -0.2) is 4.39 Å². The van der Waals surface area contributed by atoms with Crippen LogP contribution in [0.4, 0.5) is 10.1 Å². The van der Waals surface area contributed by atoms with Gasteiger partial charge in [-0.15, -0.1) is 0 Å². The Kier molecular flexibility index (Phi) is 4.84. The molecule has 2 aromatic rings. The molecule has 1 atom stereocenters. The van der Waals surface area contributed by atoms with Gasteiger partial charge in [0.15, 0.2) is 0 Å². The third kappa shape index (κ3) is 2.86. The number of fused-ring (bicyclic) bond motifs is 1. The molecule has 5 heteroatoms. The van der Waals surface area contributed by atoms with Gasteiger partial charge in [-0.3, -0.25) is 14.5 Å². The number of hydrogen-bond acceptors (Lipinski definition) is 2. The lowest BCUT2D eigenvalue weighted by atomic mass is 9.65. The molecule has 0 aromatic heterocycles. The van der Waals surface area contributed by atoms with Crippen LogP contribution in [0.2, 0.25) is 0 Å². The van der Waals surface area contributed by atoms with E-state index in [9.17, 15) is 9.59 Å². The molecule has 4 nitrogen and oxygen atoms in total. The number of nitrogens with zero attached hydrogens (tertiary/aromatic N) is 2. The summed E-state index contributed by atoms with van der Waals surface area (Å²) in [7, 11) is 0. The molecule has 156 valence electrons. The van der Waals surface area contributed by atoms with Gasteiger partial charge in [0, 0.05) is 18.7 Å². The average molecular weight is 407 g/mol. The summed E-state index contributed by atoms with van der Waals surface area (Å²) in [6, 6.07) is 13.9. The second-order valence-electron chi connectivity index (χ2n) is 8.81. The predicted molar refractivity (Wildman–Crippen MR) is 114 cm³/mol. The molecule has 1 saturated heterocycles. The van der Waals surface area contributed by atoms with Crippen molar-refractivity contribution in [1.29, 1.82) is 0 Å². The summed E-state index contributed by atoms with van der Waals surface area (Å²) in [6.45, 7) is 1.53. The molecule has 2 fully saturated rings. The molecule has 2 aliphatic heterocycles. The fourth-order valence-electron chi connectivity index (χ4n) is 5.83. The van der Waals surface area contributed by atoms with E-state index in [1.807, 2.05) is 23.1 Å². The summed E-state index contributed by atoms with van der Waals surface area (Å²) in [6.07, 6.45) is 6.41. The molecule has 2 amide bonds. The second-order valence-corrected chi connectivity index (χ2v) is 8.81. The summed E-state index contributed by atoms with van der Waals surface area (Å²) >= 11 is 0. The molecular formula is C25H27FN2O2. The van der Waals surface area contributed by atoms with Crippen molar-refractivity contribution in [3.8, 4) is 0 Å². The van der Waals surface area contributed by atoms with E-state index in [1.54, 1.807) is 29.2 Å². The summed E-state index contributed by atoms with van der Waals surface area (Å²) in [4.78, 5) is 31.3. The summed E-state index contributed by atoms with van der Waals surface area (Å²) in [5.41, 5.74) is 0.910. The molecule has 5 rings (SSSR count). The number of halogens is 1. The van der Waals surface area contributed by atoms with Gasteiger partial charge in [0.1, 0.15) is 5.82 Å². The van der Waals surface area contributed by atoms with Gasteiger partial charge in [-0.2, -0.15) is 0 Å². The van der Waals surface area contributed by atoms with E-state index in [0.29, 0.717) is 18.4 Å². The third-order valence-corrected chi connectivity index (χ3v) is 7.17. The molecular weight excluding hydrogens is 379 g/mol. The van der Waals surface area contributed by atoms with Crippen molar-refractivity contribution in [1.82, 2.24) is 4.90 Å². The molecule has 1 aliphatic carbocycles. The van der Waals surface area contributed by atoms with Crippen LogP contribution in [0.25, 0.3) is 0 Å². The molecule has 0 N–H and O–H groups in total. The van der Waals surface area contributed by atoms with Gasteiger partial charge in [0.25, 0.3) is 5.91 Å². The quantitative estimate of drug-likeness (QED) is 0.712. The van der Waals surface area contributed by atoms with Gasteiger partial charge in [-0.1, -0.05) is 49.6 Å². The highest BCUT2D eigenvalue weighted by Crippen LogP contribution is 2.51. The maximum absolute atomic E-state index is 15.0. The zero-order valence-corrected chi connectivity index (χ0v) is 17.1. The maximum atomic E-state index is 15.0. The zero-order chi connectivity index (χ0) is 20.7. The van der Waals surface area contributed by atoms with Crippen LogP contribution in [0.15, 0.2) is 48.5 Å². The van der Waals surface area contributed by atoms with Crippen LogP contribution in [0.1, 0.15) is 66.8 Å². The Morgan fingerprint density at radius 1 is 0.900 bits per heavy atom. The highest BCUT2D eigenvalue weighted by Gasteiger charge is 2.56. The number of rotatable bonds is 2. The fourth-order valence-corrected chi connectivity index (χ4v) is 5.83. The first-order chi connectivity index (χ1) is 14.6. The van der Waals surface area contributed by atoms with Gasteiger partial charge >= 0.3 is 0 Å². The molecule has 3 aliphatic rings. The van der Waals surface area contributed by atoms with Gasteiger partial charge in [-0.05, 0) is 49.4 Å². The SMILES string of the molecule is O=C(C1c2ccccc2C(=O)N(c2ccccc2F)C12CCCCC2)N1CCCC1. The number of hydrogen-bond donors (Lipinski definition) is 0. The van der Waals surface area contributed by atoms with Crippen molar-refractivity contribution >= 4 is 17.5 Å². The lowest BCUT2D eigenvalue weighted by Gasteiger charge is -2.54. The summed E-state index contributed by atoms with van der Waals surface area (Å²) in [5.74, 6) is -0.967. The molecule has 1 saturated carbocycles. The van der Waals surface area contributed by atoms with Crippen LogP contribution in [-0.4, -0.2) is 35.3 Å². The normalized spacial score (nSPS) is 23.0. The number of para-hydroxylation sites is 1. The standard InChI is InChI=1S/C25H27FN2O2/c26-20-12-4-5-13-21(20)28-23(29)19-11-3-2-10-18(19)22(24(30)27-16-8-9-17-27)25(28)14-6-1-7-15-25/h2-5,10-13,22H,1,6-9,14-17H2. The van der Waals surface area contributed by atoms with Crippen LogP contribution in [0, 0.1) is 5.82 Å². The largest absolute Gasteiger partial charge is 0.342 e. The molecule has 1 spiro atoms. The first-order valence-electron chi connectivity index (χ1n) is 11.1. The zero-order valence-electron chi connectivity index (χ0n) is 17.1. The highest BCUT2D eigenvalue weighted by molar-refractivity contribution is 6.12. The minimum absolute atomic E-state index is 0.0932. The van der Waals surface area contributed by atoms with Crippen LogP contribution in [-0.2, 0) is 4.79 Å². The molecule has 30 heavy (non-hydrogen) atoms. The average Bonchev–Trinajstić information content (AvgIpc) is 3.31. The van der Waals surface area contributed by atoms with Gasteiger partial charge in [0.2, 0.25) is 5.91 Å². The van der Waals surface area contributed by atoms with Crippen LogP contribution < -0.4 is 4.90 Å². The Balaban J connectivity index is 1.74. The van der Waals surface area contributed by atoms with Crippen LogP contribution in [0.3, 0.4) is 0 Å². The monoisotopic (exact) mass is 406 g/mol. The first kappa shape index (κ1) is 19.3. The molecule has 0 radical (unpaired) electrons. The fraction of sp³-hybridized carbons (Fsp3) is 0.440. The second kappa shape index (κ2) is 7.53. The Bertz CT molecular complexity index is 977. The number of likely N-dealkylation sites (tertiary alicyclic amines) is 1. The van der Waals surface area contributed by atoms with E-state index in [4.69, 9.17) is 0 Å². The summed E-state index contributed by atoms with van der Waals surface area (Å²) in [5, 5.41) is 0. The summed E-state index contributed by atoms with van der Waals surface area (Å²) < 4.78 is 15.0. The van der Waals surface area contributed by atoms with Crippen molar-refractivity contribution in [3.63, 3.8) is 0 Å². The molecule has 2 heterocycles. The van der Waals surface area contributed by atoms with E-state index in [-0.39, 0.29) is 17.5 Å². The number of carbonyl (C=O) groups is 2. The van der Waals surface area contributed by atoms with E-state index in [0.717, 1.165) is 50.8 Å². The lowest BCUT2D eigenvalue weighted by molar-refractivity contribution is -0.134. The Morgan fingerprint density at radius 2 is 1.57 bits per heavy atom. The van der Waals surface area contributed by atoms with Crippen molar-refractivity contribution in [2.24, 2.45) is 0 Å². The third-order valence-electron chi connectivity index (χ3n) is 7.17. The van der Waals surface area contributed by atoms with E-state index < -0.39 is 17.3 Å². The Hall–Kier alpha value is -2.69. The van der Waals surface area contributed by atoms with Gasteiger partial charge < -0.3 is 4.90 Å². The predicted octanol–water partition coefficient (Wildman–Crippen LogP) is 4.90. The number of anilines is 1.